The summed E-state index contributed by atoms with van der Waals surface area (Å²) in [7, 11) is 0.339. The van der Waals surface area contributed by atoms with Gasteiger partial charge < -0.3 is 4.74 Å². The molecule has 0 unspecified atom stereocenters. The predicted molar refractivity (Wildman–Crippen MR) is 55.7 cm³/mol. The molecule has 1 aliphatic carbocycles. The number of rotatable bonds is 3. The fourth-order valence-electron chi connectivity index (χ4n) is 1.92. The van der Waals surface area contributed by atoms with Crippen molar-refractivity contribution in [3.63, 3.8) is 0 Å². The molecule has 0 aromatic rings. The molecule has 1 saturated carbocycles. The van der Waals surface area contributed by atoms with Gasteiger partial charge in [0.2, 0.25) is 10.0 Å². The topological polar surface area (TPSA) is 46.6 Å². The molecule has 0 amide bonds. The molecule has 0 aliphatic heterocycles. The molecule has 1 aliphatic rings. The second-order valence-electron chi connectivity index (χ2n) is 3.95. The van der Waals surface area contributed by atoms with Gasteiger partial charge in [0.15, 0.2) is 0 Å². The number of nitrogens with zero attached hydrogens (tertiary/aromatic N) is 1. The van der Waals surface area contributed by atoms with Gasteiger partial charge in [-0.2, -0.15) is 0 Å². The van der Waals surface area contributed by atoms with Crippen molar-refractivity contribution in [1.29, 1.82) is 0 Å². The Balaban J connectivity index is 2.50. The molecular formula is C9H19NO3S. The molecule has 1 fully saturated rings. The Hall–Kier alpha value is -0.130. The minimum atomic E-state index is -3.03. The number of sulfonamides is 1. The molecule has 0 bridgehead atoms. The van der Waals surface area contributed by atoms with Crippen LogP contribution in [0.3, 0.4) is 0 Å². The Morgan fingerprint density at radius 2 is 1.71 bits per heavy atom. The number of hydrogen-bond acceptors (Lipinski definition) is 3. The van der Waals surface area contributed by atoms with Crippen LogP contribution in [0.25, 0.3) is 0 Å². The quantitative estimate of drug-likeness (QED) is 0.709. The Bertz CT molecular complexity index is 268. The van der Waals surface area contributed by atoms with Gasteiger partial charge in [0.05, 0.1) is 12.4 Å². The molecule has 0 aromatic carbocycles. The number of methoxy groups -OCH3 is 1. The fraction of sp³-hybridized carbons (Fsp3) is 1.00. The van der Waals surface area contributed by atoms with E-state index in [0.29, 0.717) is 6.10 Å². The third kappa shape index (κ3) is 2.93. The van der Waals surface area contributed by atoms with Crippen LogP contribution in [-0.2, 0) is 14.8 Å². The highest BCUT2D eigenvalue weighted by molar-refractivity contribution is 7.88. The Morgan fingerprint density at radius 3 is 2.07 bits per heavy atom. The summed E-state index contributed by atoms with van der Waals surface area (Å²) in [4.78, 5) is 0. The second kappa shape index (κ2) is 4.59. The van der Waals surface area contributed by atoms with Crippen LogP contribution in [0, 0.1) is 0 Å². The first kappa shape index (κ1) is 11.9. The molecule has 4 nitrogen and oxygen atoms in total. The first-order valence-corrected chi connectivity index (χ1v) is 6.75. The van der Waals surface area contributed by atoms with E-state index in [1.54, 1.807) is 14.2 Å². The SMILES string of the molecule is COC1CCC(N(C)S(C)(=O)=O)CC1. The van der Waals surface area contributed by atoms with Gasteiger partial charge in [0, 0.05) is 20.2 Å². The molecule has 84 valence electrons. The second-order valence-corrected chi connectivity index (χ2v) is 5.99. The average Bonchev–Trinajstić information content (AvgIpc) is 2.15. The monoisotopic (exact) mass is 221 g/mol. The van der Waals surface area contributed by atoms with Crippen molar-refractivity contribution in [3.8, 4) is 0 Å². The normalized spacial score (nSPS) is 29.4. The third-order valence-corrected chi connectivity index (χ3v) is 4.36. The minimum absolute atomic E-state index is 0.163. The van der Waals surface area contributed by atoms with Crippen molar-refractivity contribution in [3.05, 3.63) is 0 Å². The summed E-state index contributed by atoms with van der Waals surface area (Å²) in [5.41, 5.74) is 0. The van der Waals surface area contributed by atoms with Gasteiger partial charge in [-0.05, 0) is 25.7 Å². The molecule has 0 N–H and O–H groups in total. The van der Waals surface area contributed by atoms with Crippen molar-refractivity contribution < 1.29 is 13.2 Å². The molecular weight excluding hydrogens is 202 g/mol. The molecule has 0 spiro atoms. The summed E-state index contributed by atoms with van der Waals surface area (Å²) < 4.78 is 29.3. The van der Waals surface area contributed by atoms with E-state index in [2.05, 4.69) is 0 Å². The third-order valence-electron chi connectivity index (χ3n) is 3.01. The number of ether oxygens (including phenoxy) is 1. The van der Waals surface area contributed by atoms with Gasteiger partial charge in [-0.3, -0.25) is 0 Å². The molecule has 14 heavy (non-hydrogen) atoms. The van der Waals surface area contributed by atoms with Crippen LogP contribution in [0.4, 0.5) is 0 Å². The van der Waals surface area contributed by atoms with Gasteiger partial charge in [-0.1, -0.05) is 0 Å². The van der Waals surface area contributed by atoms with Crippen LogP contribution in [0.2, 0.25) is 0 Å². The predicted octanol–water partition coefficient (Wildman–Crippen LogP) is 0.835. The zero-order chi connectivity index (χ0) is 10.8. The van der Waals surface area contributed by atoms with Crippen molar-refractivity contribution >= 4 is 10.0 Å². The van der Waals surface area contributed by atoms with Gasteiger partial charge >= 0.3 is 0 Å². The van der Waals surface area contributed by atoms with Crippen molar-refractivity contribution in [1.82, 2.24) is 4.31 Å². The maximum atomic E-state index is 11.3. The first-order chi connectivity index (χ1) is 6.45. The highest BCUT2D eigenvalue weighted by atomic mass is 32.2. The van der Waals surface area contributed by atoms with Crippen LogP contribution in [-0.4, -0.2) is 45.3 Å². The lowest BCUT2D eigenvalue weighted by atomic mass is 9.93. The van der Waals surface area contributed by atoms with E-state index in [-0.39, 0.29) is 6.04 Å². The summed E-state index contributed by atoms with van der Waals surface area (Å²) in [5.74, 6) is 0. The summed E-state index contributed by atoms with van der Waals surface area (Å²) in [6.07, 6.45) is 5.31. The van der Waals surface area contributed by atoms with E-state index in [9.17, 15) is 8.42 Å². The van der Waals surface area contributed by atoms with Crippen molar-refractivity contribution in [2.45, 2.75) is 37.8 Å². The highest BCUT2D eigenvalue weighted by Gasteiger charge is 2.27. The molecule has 1 rings (SSSR count). The zero-order valence-corrected chi connectivity index (χ0v) is 9.88. The van der Waals surface area contributed by atoms with E-state index in [1.165, 1.54) is 10.6 Å². The maximum Gasteiger partial charge on any atom is 0.211 e. The lowest BCUT2D eigenvalue weighted by molar-refractivity contribution is 0.0554. The summed E-state index contributed by atoms with van der Waals surface area (Å²) in [5, 5.41) is 0. The molecule has 0 heterocycles. The Morgan fingerprint density at radius 1 is 1.21 bits per heavy atom. The molecule has 0 aromatic heterocycles. The zero-order valence-electron chi connectivity index (χ0n) is 9.06. The Labute approximate surface area is 86.3 Å². The standard InChI is InChI=1S/C9H19NO3S/c1-10(14(3,11)12)8-4-6-9(13-2)7-5-8/h8-9H,4-7H2,1-3H3. The summed E-state index contributed by atoms with van der Waals surface area (Å²) in [6, 6.07) is 0.163. The molecule has 0 radical (unpaired) electrons. The van der Waals surface area contributed by atoms with Gasteiger partial charge in [0.25, 0.3) is 0 Å². The van der Waals surface area contributed by atoms with Crippen molar-refractivity contribution in [2.24, 2.45) is 0 Å². The highest BCUT2D eigenvalue weighted by Crippen LogP contribution is 2.24. The van der Waals surface area contributed by atoms with E-state index in [0.717, 1.165) is 25.7 Å². The molecule has 0 atom stereocenters. The lowest BCUT2D eigenvalue weighted by Gasteiger charge is -2.32. The summed E-state index contributed by atoms with van der Waals surface area (Å²) >= 11 is 0. The van der Waals surface area contributed by atoms with Crippen molar-refractivity contribution in [2.75, 3.05) is 20.4 Å². The smallest absolute Gasteiger partial charge is 0.211 e. The molecule has 5 heteroatoms. The first-order valence-electron chi connectivity index (χ1n) is 4.91. The van der Waals surface area contributed by atoms with Gasteiger partial charge in [0.1, 0.15) is 0 Å². The largest absolute Gasteiger partial charge is 0.381 e. The van der Waals surface area contributed by atoms with Crippen LogP contribution >= 0.6 is 0 Å². The van der Waals surface area contributed by atoms with E-state index < -0.39 is 10.0 Å². The van der Waals surface area contributed by atoms with Gasteiger partial charge in [-0.25, -0.2) is 12.7 Å². The van der Waals surface area contributed by atoms with E-state index >= 15 is 0 Å². The van der Waals surface area contributed by atoms with Crippen LogP contribution in [0.5, 0.6) is 0 Å². The molecule has 0 saturated heterocycles. The van der Waals surface area contributed by atoms with Crippen LogP contribution in [0.1, 0.15) is 25.7 Å². The van der Waals surface area contributed by atoms with E-state index in [1.807, 2.05) is 0 Å². The Kier molecular flexibility index (Phi) is 3.92. The minimum Gasteiger partial charge on any atom is -0.381 e. The number of hydrogen-bond donors (Lipinski definition) is 0. The average molecular weight is 221 g/mol. The maximum absolute atomic E-state index is 11.3. The fourth-order valence-corrected chi connectivity index (χ4v) is 2.67. The summed E-state index contributed by atoms with van der Waals surface area (Å²) in [6.45, 7) is 0. The lowest BCUT2D eigenvalue weighted by Crippen LogP contribution is -2.39. The van der Waals surface area contributed by atoms with Gasteiger partial charge in [-0.15, -0.1) is 0 Å². The van der Waals surface area contributed by atoms with Crippen LogP contribution in [0.15, 0.2) is 0 Å². The van der Waals surface area contributed by atoms with Crippen LogP contribution < -0.4 is 0 Å². The van der Waals surface area contributed by atoms with E-state index in [4.69, 9.17) is 4.74 Å².